The molecule has 0 unspecified atom stereocenters. The van der Waals surface area contributed by atoms with Gasteiger partial charge in [-0.05, 0) is 48.5 Å². The number of hydrogen-bond donors (Lipinski definition) is 1. The zero-order valence-corrected chi connectivity index (χ0v) is 16.8. The number of nitrogen functional groups attached to an aromatic ring is 1. The van der Waals surface area contributed by atoms with Gasteiger partial charge in [0.2, 0.25) is 0 Å². The molecular formula is C22H24F3N5. The van der Waals surface area contributed by atoms with Crippen molar-refractivity contribution in [3.05, 3.63) is 53.7 Å². The predicted octanol–water partition coefficient (Wildman–Crippen LogP) is 4.04. The number of likely N-dealkylation sites (N-methyl/N-ethyl adjacent to an activating group) is 1. The maximum Gasteiger partial charge on any atom is 0.416 e. The van der Waals surface area contributed by atoms with E-state index in [2.05, 4.69) is 26.7 Å². The fraction of sp³-hybridized carbons (Fsp3) is 0.364. The maximum atomic E-state index is 13.6. The van der Waals surface area contributed by atoms with E-state index in [4.69, 9.17) is 5.73 Å². The van der Waals surface area contributed by atoms with Gasteiger partial charge in [0.15, 0.2) is 5.82 Å². The molecule has 5 nitrogen and oxygen atoms in total. The lowest BCUT2D eigenvalue weighted by molar-refractivity contribution is -0.137. The third-order valence-corrected chi connectivity index (χ3v) is 5.50. The predicted molar refractivity (Wildman–Crippen MR) is 112 cm³/mol. The summed E-state index contributed by atoms with van der Waals surface area (Å²) in [5.41, 5.74) is 7.26. The van der Waals surface area contributed by atoms with Gasteiger partial charge in [-0.1, -0.05) is 6.92 Å². The summed E-state index contributed by atoms with van der Waals surface area (Å²) in [5.74, 6) is 0.260. The molecule has 0 atom stereocenters. The molecule has 1 aliphatic heterocycles. The van der Waals surface area contributed by atoms with Crippen LogP contribution in [0, 0.1) is 0 Å². The molecule has 0 bridgehead atoms. The van der Waals surface area contributed by atoms with Crippen LogP contribution in [0.1, 0.15) is 18.1 Å². The fourth-order valence-corrected chi connectivity index (χ4v) is 3.78. The topological polar surface area (TPSA) is 58.3 Å². The van der Waals surface area contributed by atoms with Gasteiger partial charge in [-0.3, -0.25) is 4.90 Å². The summed E-state index contributed by atoms with van der Waals surface area (Å²) in [6, 6.07) is 9.34. The highest BCUT2D eigenvalue weighted by atomic mass is 19.4. The Morgan fingerprint density at radius 2 is 1.73 bits per heavy atom. The molecule has 1 fully saturated rings. The van der Waals surface area contributed by atoms with Gasteiger partial charge in [0.05, 0.1) is 11.1 Å². The number of fused-ring (bicyclic) bond motifs is 1. The van der Waals surface area contributed by atoms with Crippen molar-refractivity contribution in [3.8, 4) is 11.4 Å². The van der Waals surface area contributed by atoms with E-state index in [0.717, 1.165) is 44.2 Å². The number of alkyl halides is 3. The average Bonchev–Trinajstić information content (AvgIpc) is 2.73. The molecule has 1 aromatic heterocycles. The van der Waals surface area contributed by atoms with Crippen molar-refractivity contribution < 1.29 is 13.2 Å². The largest absolute Gasteiger partial charge is 0.416 e. The first kappa shape index (κ1) is 20.6. The van der Waals surface area contributed by atoms with E-state index >= 15 is 0 Å². The van der Waals surface area contributed by atoms with Crippen molar-refractivity contribution in [2.45, 2.75) is 19.6 Å². The Morgan fingerprint density at radius 3 is 2.43 bits per heavy atom. The molecule has 4 rings (SSSR count). The number of nitrogens with two attached hydrogens (primary N) is 1. The number of aromatic nitrogens is 2. The molecule has 3 aromatic rings. The molecule has 158 valence electrons. The number of benzene rings is 2. The molecule has 2 N–H and O–H groups in total. The maximum absolute atomic E-state index is 13.6. The van der Waals surface area contributed by atoms with E-state index < -0.39 is 11.7 Å². The first-order valence-electron chi connectivity index (χ1n) is 10.0. The van der Waals surface area contributed by atoms with Crippen LogP contribution >= 0.6 is 0 Å². The van der Waals surface area contributed by atoms with Crippen molar-refractivity contribution in [2.75, 3.05) is 38.5 Å². The quantitative estimate of drug-likeness (QED) is 0.652. The van der Waals surface area contributed by atoms with Crippen molar-refractivity contribution in [1.82, 2.24) is 19.8 Å². The van der Waals surface area contributed by atoms with E-state index in [1.54, 1.807) is 30.5 Å². The molecule has 0 spiro atoms. The van der Waals surface area contributed by atoms with Crippen LogP contribution in [0.3, 0.4) is 0 Å². The molecule has 30 heavy (non-hydrogen) atoms. The Bertz CT molecular complexity index is 1040. The normalized spacial score (nSPS) is 16.3. The van der Waals surface area contributed by atoms with Crippen molar-refractivity contribution in [2.24, 2.45) is 0 Å². The van der Waals surface area contributed by atoms with Crippen LogP contribution < -0.4 is 5.73 Å². The molecule has 8 heteroatoms. The molecular weight excluding hydrogens is 391 g/mol. The van der Waals surface area contributed by atoms with Crippen LogP contribution in [0.25, 0.3) is 22.3 Å². The van der Waals surface area contributed by atoms with Crippen LogP contribution in [-0.4, -0.2) is 52.5 Å². The summed E-state index contributed by atoms with van der Waals surface area (Å²) in [4.78, 5) is 13.3. The average molecular weight is 415 g/mol. The van der Waals surface area contributed by atoms with Gasteiger partial charge in [0, 0.05) is 55.6 Å². The standard InChI is InChI=1S/C22H24F3N5/c1-2-29-5-7-30(8-6-29)14-15-9-17(11-18(10-15)22(23,24)25)21-27-13-16-3-4-19(26)12-20(16)28-21/h3-4,9-13H,2,5-8,14,26H2,1H3. The number of hydrogen-bond acceptors (Lipinski definition) is 5. The number of halogens is 3. The van der Waals surface area contributed by atoms with E-state index in [1.165, 1.54) is 6.07 Å². The number of anilines is 1. The highest BCUT2D eigenvalue weighted by molar-refractivity contribution is 5.82. The second-order valence-corrected chi connectivity index (χ2v) is 7.64. The third-order valence-electron chi connectivity index (χ3n) is 5.50. The molecule has 1 saturated heterocycles. The van der Waals surface area contributed by atoms with E-state index in [1.807, 2.05) is 0 Å². The fourth-order valence-electron chi connectivity index (χ4n) is 3.78. The Kier molecular flexibility index (Phi) is 5.62. The summed E-state index contributed by atoms with van der Waals surface area (Å²) >= 11 is 0. The number of piperazine rings is 1. The summed E-state index contributed by atoms with van der Waals surface area (Å²) in [6.07, 6.45) is -2.83. The van der Waals surface area contributed by atoms with Gasteiger partial charge in [0.1, 0.15) is 0 Å². The Labute approximate surface area is 173 Å². The highest BCUT2D eigenvalue weighted by Gasteiger charge is 2.31. The molecule has 0 saturated carbocycles. The molecule has 2 heterocycles. The van der Waals surface area contributed by atoms with Crippen molar-refractivity contribution in [3.63, 3.8) is 0 Å². The summed E-state index contributed by atoms with van der Waals surface area (Å²) in [5, 5.41) is 0.786. The number of nitrogens with zero attached hydrogens (tertiary/aromatic N) is 4. The van der Waals surface area contributed by atoms with E-state index in [9.17, 15) is 13.2 Å². The Balaban J connectivity index is 1.68. The zero-order valence-electron chi connectivity index (χ0n) is 16.8. The van der Waals surface area contributed by atoms with E-state index in [0.29, 0.717) is 28.9 Å². The molecule has 1 aliphatic rings. The summed E-state index contributed by atoms with van der Waals surface area (Å²) < 4.78 is 40.7. The molecule has 0 amide bonds. The SMILES string of the molecule is CCN1CCN(Cc2cc(-c3ncc4ccc(N)cc4n3)cc(C(F)(F)F)c2)CC1. The van der Waals surface area contributed by atoms with Gasteiger partial charge in [-0.15, -0.1) is 0 Å². The van der Waals surface area contributed by atoms with Crippen molar-refractivity contribution >= 4 is 16.6 Å². The van der Waals surface area contributed by atoms with Gasteiger partial charge in [0.25, 0.3) is 0 Å². The van der Waals surface area contributed by atoms with Crippen LogP contribution in [-0.2, 0) is 12.7 Å². The first-order valence-corrected chi connectivity index (χ1v) is 10.0. The molecule has 0 radical (unpaired) electrons. The first-order chi connectivity index (χ1) is 14.3. The highest BCUT2D eigenvalue weighted by Crippen LogP contribution is 2.33. The van der Waals surface area contributed by atoms with E-state index in [-0.39, 0.29) is 5.82 Å². The molecule has 2 aromatic carbocycles. The minimum absolute atomic E-state index is 0.260. The summed E-state index contributed by atoms with van der Waals surface area (Å²) in [6.45, 7) is 7.11. The Morgan fingerprint density at radius 1 is 1.00 bits per heavy atom. The van der Waals surface area contributed by atoms with Gasteiger partial charge in [-0.25, -0.2) is 9.97 Å². The minimum atomic E-state index is -4.44. The lowest BCUT2D eigenvalue weighted by Gasteiger charge is -2.34. The smallest absolute Gasteiger partial charge is 0.399 e. The third kappa shape index (κ3) is 4.55. The number of rotatable bonds is 4. The van der Waals surface area contributed by atoms with Crippen LogP contribution in [0.5, 0.6) is 0 Å². The minimum Gasteiger partial charge on any atom is -0.399 e. The van der Waals surface area contributed by atoms with Crippen LogP contribution in [0.2, 0.25) is 0 Å². The lowest BCUT2D eigenvalue weighted by atomic mass is 10.0. The molecule has 0 aliphatic carbocycles. The van der Waals surface area contributed by atoms with Gasteiger partial charge < -0.3 is 10.6 Å². The summed E-state index contributed by atoms with van der Waals surface area (Å²) in [7, 11) is 0. The Hall–Kier alpha value is -2.71. The van der Waals surface area contributed by atoms with Gasteiger partial charge in [-0.2, -0.15) is 13.2 Å². The zero-order chi connectivity index (χ0) is 21.3. The lowest BCUT2D eigenvalue weighted by Crippen LogP contribution is -2.45. The second-order valence-electron chi connectivity index (χ2n) is 7.64. The van der Waals surface area contributed by atoms with Crippen LogP contribution in [0.15, 0.2) is 42.6 Å². The van der Waals surface area contributed by atoms with Crippen molar-refractivity contribution in [1.29, 1.82) is 0 Å². The van der Waals surface area contributed by atoms with Crippen LogP contribution in [0.4, 0.5) is 18.9 Å². The van der Waals surface area contributed by atoms with Gasteiger partial charge >= 0.3 is 6.18 Å². The second kappa shape index (κ2) is 8.20. The monoisotopic (exact) mass is 415 g/mol.